The van der Waals surface area contributed by atoms with Gasteiger partial charge in [0.05, 0.1) is 5.71 Å². The number of nitrogens with zero attached hydrogens (tertiary/aromatic N) is 2. The number of H-pyrrole nitrogens is 1. The molecule has 0 saturated heterocycles. The Kier molecular flexibility index (Phi) is 3.48. The summed E-state index contributed by atoms with van der Waals surface area (Å²) in [5.41, 5.74) is 7.86. The predicted octanol–water partition coefficient (Wildman–Crippen LogP) is 2.48. The van der Waals surface area contributed by atoms with Gasteiger partial charge in [-0.15, -0.1) is 0 Å². The summed E-state index contributed by atoms with van der Waals surface area (Å²) < 4.78 is 0.930. The van der Waals surface area contributed by atoms with E-state index in [0.717, 1.165) is 15.6 Å². The van der Waals surface area contributed by atoms with Crippen molar-refractivity contribution in [3.05, 3.63) is 68.0 Å². The molecule has 0 amide bonds. The molecule has 1 aromatic carbocycles. The van der Waals surface area contributed by atoms with E-state index in [1.165, 1.54) is 0 Å². The van der Waals surface area contributed by atoms with Gasteiger partial charge in [-0.1, -0.05) is 28.1 Å². The molecular formula is C16H15BrN4O. The Morgan fingerprint density at radius 1 is 1.18 bits per heavy atom. The minimum Gasteiger partial charge on any atom is -0.382 e. The monoisotopic (exact) mass is 358 g/mol. The lowest BCUT2D eigenvalue weighted by atomic mass is 9.93. The van der Waals surface area contributed by atoms with Gasteiger partial charge in [-0.25, -0.2) is 9.98 Å². The Morgan fingerprint density at radius 3 is 2.55 bits per heavy atom. The fourth-order valence-corrected chi connectivity index (χ4v) is 2.91. The van der Waals surface area contributed by atoms with Gasteiger partial charge in [-0.05, 0) is 32.0 Å². The first-order chi connectivity index (χ1) is 10.4. The highest BCUT2D eigenvalue weighted by molar-refractivity contribution is 9.10. The van der Waals surface area contributed by atoms with Crippen LogP contribution in [0.1, 0.15) is 23.6 Å². The van der Waals surface area contributed by atoms with Crippen LogP contribution in [0.15, 0.2) is 55.8 Å². The summed E-state index contributed by atoms with van der Waals surface area (Å²) in [6.45, 7) is 3.59. The molecule has 0 aliphatic carbocycles. The second kappa shape index (κ2) is 5.21. The van der Waals surface area contributed by atoms with E-state index >= 15 is 0 Å². The summed E-state index contributed by atoms with van der Waals surface area (Å²) in [6, 6.07) is 9.57. The molecule has 1 unspecified atom stereocenters. The van der Waals surface area contributed by atoms with Crippen LogP contribution in [-0.2, 0) is 5.66 Å². The van der Waals surface area contributed by atoms with Crippen molar-refractivity contribution >= 4 is 27.5 Å². The van der Waals surface area contributed by atoms with Gasteiger partial charge in [-0.2, -0.15) is 0 Å². The molecule has 1 aliphatic rings. The maximum atomic E-state index is 11.7. The van der Waals surface area contributed by atoms with Gasteiger partial charge in [0, 0.05) is 27.4 Å². The Hall–Kier alpha value is -2.21. The van der Waals surface area contributed by atoms with Gasteiger partial charge in [0.15, 0.2) is 0 Å². The van der Waals surface area contributed by atoms with Gasteiger partial charge >= 0.3 is 0 Å². The standard InChI is InChI=1S/C16H15BrN4O/c1-9-6-12(8-19-15(9)22)16(20-10(2)14(18)21-16)11-4-3-5-13(17)7-11/h3-8H,1-2H3,(H2,18,21)(H,19,22). The van der Waals surface area contributed by atoms with E-state index < -0.39 is 5.66 Å². The number of nitrogens with two attached hydrogens (primary N) is 1. The first-order valence-electron chi connectivity index (χ1n) is 6.80. The number of aromatic amines is 1. The molecule has 1 atom stereocenters. The third-order valence-electron chi connectivity index (χ3n) is 3.70. The molecule has 2 aromatic rings. The van der Waals surface area contributed by atoms with Crippen LogP contribution in [0.4, 0.5) is 0 Å². The molecule has 0 fully saturated rings. The van der Waals surface area contributed by atoms with Crippen LogP contribution in [0.2, 0.25) is 0 Å². The Morgan fingerprint density at radius 2 is 1.95 bits per heavy atom. The molecule has 0 bridgehead atoms. The maximum Gasteiger partial charge on any atom is 0.250 e. The largest absolute Gasteiger partial charge is 0.382 e. The van der Waals surface area contributed by atoms with Gasteiger partial charge in [0.2, 0.25) is 5.66 Å². The van der Waals surface area contributed by atoms with Gasteiger partial charge < -0.3 is 10.7 Å². The summed E-state index contributed by atoms with van der Waals surface area (Å²) in [4.78, 5) is 23.7. The fraction of sp³-hybridized carbons (Fsp3) is 0.188. The van der Waals surface area contributed by atoms with Crippen molar-refractivity contribution in [2.75, 3.05) is 0 Å². The topological polar surface area (TPSA) is 83.6 Å². The summed E-state index contributed by atoms with van der Waals surface area (Å²) in [7, 11) is 0. The molecule has 6 heteroatoms. The Labute approximate surface area is 136 Å². The number of rotatable bonds is 2. The second-order valence-electron chi connectivity index (χ2n) is 5.28. The summed E-state index contributed by atoms with van der Waals surface area (Å²) in [5, 5.41) is 0. The van der Waals surface area contributed by atoms with Gasteiger partial charge in [-0.3, -0.25) is 4.79 Å². The van der Waals surface area contributed by atoms with E-state index in [1.807, 2.05) is 31.2 Å². The van der Waals surface area contributed by atoms with Crippen molar-refractivity contribution in [1.82, 2.24) is 4.98 Å². The molecule has 0 spiro atoms. The average molecular weight is 359 g/mol. The third kappa shape index (κ3) is 2.29. The average Bonchev–Trinajstić information content (AvgIpc) is 2.79. The van der Waals surface area contributed by atoms with Gasteiger partial charge in [0.1, 0.15) is 5.84 Å². The number of hydrogen-bond donors (Lipinski definition) is 2. The minimum atomic E-state index is -0.951. The molecule has 22 heavy (non-hydrogen) atoms. The summed E-state index contributed by atoms with van der Waals surface area (Å²) in [6.07, 6.45) is 1.65. The highest BCUT2D eigenvalue weighted by Gasteiger charge is 2.38. The second-order valence-corrected chi connectivity index (χ2v) is 6.19. The highest BCUT2D eigenvalue weighted by Crippen LogP contribution is 2.39. The minimum absolute atomic E-state index is 0.121. The first kappa shape index (κ1) is 14.7. The highest BCUT2D eigenvalue weighted by atomic mass is 79.9. The molecular weight excluding hydrogens is 344 g/mol. The van der Waals surface area contributed by atoms with Crippen molar-refractivity contribution in [2.45, 2.75) is 19.5 Å². The number of nitrogens with one attached hydrogen (secondary N) is 1. The normalized spacial score (nSPS) is 20.7. The van der Waals surface area contributed by atoms with Crippen molar-refractivity contribution in [1.29, 1.82) is 0 Å². The fourth-order valence-electron chi connectivity index (χ4n) is 2.51. The van der Waals surface area contributed by atoms with Crippen LogP contribution in [0.3, 0.4) is 0 Å². The van der Waals surface area contributed by atoms with E-state index in [-0.39, 0.29) is 5.56 Å². The van der Waals surface area contributed by atoms with Crippen LogP contribution in [0.25, 0.3) is 0 Å². The predicted molar refractivity (Wildman–Crippen MR) is 91.5 cm³/mol. The number of hydrogen-bond acceptors (Lipinski definition) is 4. The smallest absolute Gasteiger partial charge is 0.250 e. The van der Waals surface area contributed by atoms with Crippen LogP contribution in [0, 0.1) is 6.92 Å². The number of benzene rings is 1. The molecule has 0 radical (unpaired) electrons. The van der Waals surface area contributed by atoms with Crippen LogP contribution < -0.4 is 11.3 Å². The van der Waals surface area contributed by atoms with E-state index in [4.69, 9.17) is 10.7 Å². The third-order valence-corrected chi connectivity index (χ3v) is 4.19. The number of aliphatic imine (C=N–C) groups is 2. The molecule has 5 nitrogen and oxygen atoms in total. The lowest BCUT2D eigenvalue weighted by Gasteiger charge is -2.24. The molecule has 1 aromatic heterocycles. The molecule has 1 aliphatic heterocycles. The zero-order chi connectivity index (χ0) is 15.9. The molecule has 2 heterocycles. The summed E-state index contributed by atoms with van der Waals surface area (Å²) >= 11 is 3.48. The quantitative estimate of drug-likeness (QED) is 0.864. The molecule has 3 N–H and O–H groups in total. The number of pyridine rings is 1. The Bertz CT molecular complexity index is 848. The van der Waals surface area contributed by atoms with E-state index in [9.17, 15) is 4.79 Å². The van der Waals surface area contributed by atoms with Crippen LogP contribution in [0.5, 0.6) is 0 Å². The van der Waals surface area contributed by atoms with Crippen LogP contribution in [-0.4, -0.2) is 16.5 Å². The maximum absolute atomic E-state index is 11.7. The Balaban J connectivity index is 2.30. The molecule has 112 valence electrons. The lowest BCUT2D eigenvalue weighted by Crippen LogP contribution is -2.24. The van der Waals surface area contributed by atoms with Crippen molar-refractivity contribution in [3.8, 4) is 0 Å². The first-order valence-corrected chi connectivity index (χ1v) is 7.60. The number of aryl methyl sites for hydroxylation is 1. The summed E-state index contributed by atoms with van der Waals surface area (Å²) in [5.74, 6) is 0.406. The SMILES string of the molecule is CC1=NC(c2cccc(Br)c2)(c2c[nH]c(=O)c(C)c2)N=C1N. The van der Waals surface area contributed by atoms with E-state index in [2.05, 4.69) is 25.9 Å². The molecule has 3 rings (SSSR count). The number of halogens is 1. The van der Waals surface area contributed by atoms with Gasteiger partial charge in [0.25, 0.3) is 5.56 Å². The van der Waals surface area contributed by atoms with E-state index in [0.29, 0.717) is 17.1 Å². The van der Waals surface area contributed by atoms with Crippen molar-refractivity contribution in [3.63, 3.8) is 0 Å². The number of aromatic nitrogens is 1. The molecule has 0 saturated carbocycles. The van der Waals surface area contributed by atoms with E-state index in [1.54, 1.807) is 19.2 Å². The van der Waals surface area contributed by atoms with Crippen molar-refractivity contribution < 1.29 is 0 Å². The number of amidine groups is 1. The van der Waals surface area contributed by atoms with Crippen molar-refractivity contribution in [2.24, 2.45) is 15.7 Å². The zero-order valence-electron chi connectivity index (χ0n) is 12.2. The zero-order valence-corrected chi connectivity index (χ0v) is 13.8. The van der Waals surface area contributed by atoms with Crippen LogP contribution >= 0.6 is 15.9 Å². The lowest BCUT2D eigenvalue weighted by molar-refractivity contribution is 0.583.